The van der Waals surface area contributed by atoms with Crippen molar-refractivity contribution in [1.29, 1.82) is 0 Å². The summed E-state index contributed by atoms with van der Waals surface area (Å²) in [5, 5.41) is 6.67. The van der Waals surface area contributed by atoms with E-state index >= 15 is 0 Å². The van der Waals surface area contributed by atoms with E-state index in [1.807, 2.05) is 0 Å². The lowest BCUT2D eigenvalue weighted by molar-refractivity contribution is 0.141. The number of hydrogen-bond acceptors (Lipinski definition) is 5. The lowest BCUT2D eigenvalue weighted by atomic mass is 10.5. The number of ether oxygens (including phenoxy) is 2. The smallest absolute Gasteiger partial charge is 0.107 e. The van der Waals surface area contributed by atoms with Crippen LogP contribution in [0.3, 0.4) is 0 Å². The van der Waals surface area contributed by atoms with Crippen molar-refractivity contribution >= 4 is 11.2 Å². The van der Waals surface area contributed by atoms with Crippen molar-refractivity contribution in [3.8, 4) is 0 Å². The zero-order chi connectivity index (χ0) is 14.9. The second kappa shape index (κ2) is 15.9. The fourth-order valence-corrected chi connectivity index (χ4v) is 2.33. The van der Waals surface area contributed by atoms with Crippen LogP contribution in [0.5, 0.6) is 0 Å². The van der Waals surface area contributed by atoms with Crippen LogP contribution in [-0.2, 0) is 20.6 Å². The molecule has 0 aliphatic carbocycles. The zero-order valence-electron chi connectivity index (χ0n) is 11.4. The van der Waals surface area contributed by atoms with Crippen LogP contribution in [0.1, 0.15) is 12.8 Å². The van der Waals surface area contributed by atoms with Gasteiger partial charge in [0.25, 0.3) is 0 Å². The SMILES string of the molecule is [N-]=[N+]=NCCOCCC[S+]([O-])CCCOCCN=[N+]=[N-]. The molecule has 0 saturated carbocycles. The lowest BCUT2D eigenvalue weighted by Gasteiger charge is -2.11. The van der Waals surface area contributed by atoms with Gasteiger partial charge in [-0.1, -0.05) is 21.4 Å². The number of azide groups is 2. The third-order valence-corrected chi connectivity index (χ3v) is 3.61. The van der Waals surface area contributed by atoms with Gasteiger partial charge < -0.3 is 14.0 Å². The second-order valence-electron chi connectivity index (χ2n) is 3.69. The maximum Gasteiger partial charge on any atom is 0.107 e. The monoisotopic (exact) mass is 304 g/mol. The zero-order valence-corrected chi connectivity index (χ0v) is 12.2. The third kappa shape index (κ3) is 14.9. The molecule has 0 aromatic heterocycles. The molecule has 20 heavy (non-hydrogen) atoms. The van der Waals surface area contributed by atoms with Crippen LogP contribution in [0.15, 0.2) is 10.2 Å². The number of hydrogen-bond donors (Lipinski definition) is 0. The average molecular weight is 304 g/mol. The van der Waals surface area contributed by atoms with Crippen molar-refractivity contribution in [2.45, 2.75) is 12.8 Å². The van der Waals surface area contributed by atoms with Crippen molar-refractivity contribution in [3.05, 3.63) is 20.9 Å². The first-order valence-electron chi connectivity index (χ1n) is 6.33. The maximum atomic E-state index is 11.6. The first-order valence-corrected chi connectivity index (χ1v) is 7.82. The summed E-state index contributed by atoms with van der Waals surface area (Å²) >= 11 is -0.862. The normalized spacial score (nSPS) is 11.4. The molecular formula is C10H20N6O3S. The van der Waals surface area contributed by atoms with E-state index in [1.165, 1.54) is 0 Å². The average Bonchev–Trinajstić information content (AvgIpc) is 2.45. The Labute approximate surface area is 121 Å². The molecule has 0 aromatic carbocycles. The van der Waals surface area contributed by atoms with Gasteiger partial charge in [0.2, 0.25) is 0 Å². The van der Waals surface area contributed by atoms with Crippen molar-refractivity contribution in [3.63, 3.8) is 0 Å². The van der Waals surface area contributed by atoms with Crippen LogP contribution in [0.4, 0.5) is 0 Å². The Morgan fingerprint density at radius 2 is 1.30 bits per heavy atom. The van der Waals surface area contributed by atoms with Gasteiger partial charge in [-0.25, -0.2) is 0 Å². The van der Waals surface area contributed by atoms with E-state index in [-0.39, 0.29) is 0 Å². The summed E-state index contributed by atoms with van der Waals surface area (Å²) < 4.78 is 22.0. The molecule has 0 unspecified atom stereocenters. The molecule has 0 heterocycles. The molecule has 0 amide bonds. The fourth-order valence-electron chi connectivity index (χ4n) is 1.25. The molecule has 0 aromatic rings. The van der Waals surface area contributed by atoms with E-state index in [9.17, 15) is 4.55 Å². The Balaban J connectivity index is 3.22. The van der Waals surface area contributed by atoms with Crippen LogP contribution < -0.4 is 0 Å². The van der Waals surface area contributed by atoms with Crippen molar-refractivity contribution in [1.82, 2.24) is 0 Å². The van der Waals surface area contributed by atoms with Gasteiger partial charge in [0.05, 0.1) is 26.4 Å². The third-order valence-electron chi connectivity index (χ3n) is 2.12. The fraction of sp³-hybridized carbons (Fsp3) is 1.00. The minimum absolute atomic E-state index is 0.326. The van der Waals surface area contributed by atoms with Gasteiger partial charge >= 0.3 is 0 Å². The predicted octanol–water partition coefficient (Wildman–Crippen LogP) is 2.17. The first-order chi connectivity index (χ1) is 9.81. The summed E-state index contributed by atoms with van der Waals surface area (Å²) in [4.78, 5) is 5.22. The molecule has 0 bridgehead atoms. The van der Waals surface area contributed by atoms with Crippen LogP contribution in [0.25, 0.3) is 20.9 Å². The molecule has 0 aliphatic rings. The van der Waals surface area contributed by atoms with Crippen LogP contribution in [0.2, 0.25) is 0 Å². The van der Waals surface area contributed by atoms with Gasteiger partial charge in [-0.05, 0) is 11.1 Å². The Morgan fingerprint density at radius 1 is 0.850 bits per heavy atom. The second-order valence-corrected chi connectivity index (χ2v) is 5.39. The van der Waals surface area contributed by atoms with Gasteiger partial charge in [-0.3, -0.25) is 0 Å². The highest BCUT2D eigenvalue weighted by Crippen LogP contribution is 1.98. The minimum atomic E-state index is -0.862. The summed E-state index contributed by atoms with van der Waals surface area (Å²) in [5.41, 5.74) is 16.1. The molecule has 0 aliphatic heterocycles. The largest absolute Gasteiger partial charge is 0.616 e. The van der Waals surface area contributed by atoms with E-state index in [4.69, 9.17) is 20.5 Å². The molecule has 0 spiro atoms. The van der Waals surface area contributed by atoms with Gasteiger partial charge in [-0.15, -0.1) is 0 Å². The molecule has 10 heteroatoms. The highest BCUT2D eigenvalue weighted by atomic mass is 32.2. The first kappa shape index (κ1) is 18.9. The maximum absolute atomic E-state index is 11.6. The standard InChI is InChI=1S/C10H20N6O3S/c11-15-13-3-7-18-5-1-9-20(17)10-2-6-19-8-4-14-16-12/h1-10H2. The van der Waals surface area contributed by atoms with Gasteiger partial charge in [-0.2, -0.15) is 0 Å². The van der Waals surface area contributed by atoms with Crippen LogP contribution >= 0.6 is 0 Å². The van der Waals surface area contributed by atoms with Crippen LogP contribution in [0, 0.1) is 0 Å². The van der Waals surface area contributed by atoms with E-state index in [2.05, 4.69) is 20.1 Å². The summed E-state index contributed by atoms with van der Waals surface area (Å²) in [5.74, 6) is 1.19. The molecular weight excluding hydrogens is 284 g/mol. The summed E-state index contributed by atoms with van der Waals surface area (Å²) in [7, 11) is 0. The van der Waals surface area contributed by atoms with Gasteiger partial charge in [0.1, 0.15) is 11.5 Å². The quantitative estimate of drug-likeness (QED) is 0.160. The molecule has 0 N–H and O–H groups in total. The van der Waals surface area contributed by atoms with Gasteiger partial charge in [0, 0.05) is 35.8 Å². The summed E-state index contributed by atoms with van der Waals surface area (Å²) in [6.45, 7) is 2.50. The molecule has 0 rings (SSSR count). The molecule has 0 radical (unpaired) electrons. The molecule has 0 atom stereocenters. The predicted molar refractivity (Wildman–Crippen MR) is 76.8 cm³/mol. The highest BCUT2D eigenvalue weighted by Gasteiger charge is 2.05. The summed E-state index contributed by atoms with van der Waals surface area (Å²) in [6, 6.07) is 0. The molecule has 114 valence electrons. The minimum Gasteiger partial charge on any atom is -0.616 e. The Bertz CT molecular complexity index is 290. The lowest BCUT2D eigenvalue weighted by Crippen LogP contribution is -2.15. The Morgan fingerprint density at radius 3 is 1.70 bits per heavy atom. The van der Waals surface area contributed by atoms with Crippen molar-refractivity contribution in [2.24, 2.45) is 10.2 Å². The van der Waals surface area contributed by atoms with Crippen molar-refractivity contribution in [2.75, 3.05) is 51.0 Å². The number of nitrogens with zero attached hydrogens (tertiary/aromatic N) is 6. The summed E-state index contributed by atoms with van der Waals surface area (Å²) in [6.07, 6.45) is 1.45. The van der Waals surface area contributed by atoms with Crippen molar-refractivity contribution < 1.29 is 14.0 Å². The van der Waals surface area contributed by atoms with Gasteiger partial charge in [0.15, 0.2) is 0 Å². The van der Waals surface area contributed by atoms with E-state index in [0.29, 0.717) is 51.0 Å². The molecule has 0 saturated heterocycles. The van der Waals surface area contributed by atoms with Crippen LogP contribution in [-0.4, -0.2) is 55.6 Å². The van der Waals surface area contributed by atoms with E-state index < -0.39 is 11.2 Å². The van der Waals surface area contributed by atoms with E-state index in [0.717, 1.165) is 12.8 Å². The highest BCUT2D eigenvalue weighted by molar-refractivity contribution is 7.91. The number of rotatable bonds is 14. The molecule has 9 nitrogen and oxygen atoms in total. The molecule has 0 fully saturated rings. The Kier molecular flexibility index (Phi) is 15.0. The Hall–Kier alpha value is -1.15. The van der Waals surface area contributed by atoms with E-state index in [1.54, 1.807) is 0 Å². The topological polar surface area (TPSA) is 139 Å².